The van der Waals surface area contributed by atoms with E-state index in [4.69, 9.17) is 16.0 Å². The summed E-state index contributed by atoms with van der Waals surface area (Å²) in [5.41, 5.74) is 1.22. The molecule has 96 valence electrons. The second kappa shape index (κ2) is 6.62. The zero-order chi connectivity index (χ0) is 12.8. The van der Waals surface area contributed by atoms with Gasteiger partial charge in [-0.1, -0.05) is 23.7 Å². The Hall–Kier alpha value is -1.25. The standard InChI is InChI=1S/C15H18ClNO/c1-12(7-8-15-6-3-9-18-15)17-11-13-4-2-5-14(16)10-13/h2-6,9-10,12,17H,7-8,11H2,1H3. The Bertz CT molecular complexity index is 467. The lowest BCUT2D eigenvalue weighted by molar-refractivity contribution is 0.460. The van der Waals surface area contributed by atoms with Crippen molar-refractivity contribution in [1.29, 1.82) is 0 Å². The van der Waals surface area contributed by atoms with E-state index >= 15 is 0 Å². The summed E-state index contributed by atoms with van der Waals surface area (Å²) in [7, 11) is 0. The smallest absolute Gasteiger partial charge is 0.103 e. The number of rotatable bonds is 6. The van der Waals surface area contributed by atoms with Crippen LogP contribution in [0.3, 0.4) is 0 Å². The summed E-state index contributed by atoms with van der Waals surface area (Å²) in [5, 5.41) is 4.28. The third-order valence-corrected chi connectivity index (χ3v) is 3.18. The summed E-state index contributed by atoms with van der Waals surface area (Å²) in [6, 6.07) is 12.3. The Labute approximate surface area is 113 Å². The highest BCUT2D eigenvalue weighted by Crippen LogP contribution is 2.11. The SMILES string of the molecule is CC(CCc1ccco1)NCc1cccc(Cl)c1. The predicted octanol–water partition coefficient (Wildman–Crippen LogP) is 4.04. The molecule has 1 N–H and O–H groups in total. The van der Waals surface area contributed by atoms with Crippen LogP contribution in [0.25, 0.3) is 0 Å². The minimum Gasteiger partial charge on any atom is -0.469 e. The van der Waals surface area contributed by atoms with Crippen molar-refractivity contribution in [2.24, 2.45) is 0 Å². The summed E-state index contributed by atoms with van der Waals surface area (Å²) < 4.78 is 5.32. The molecule has 0 aliphatic heterocycles. The summed E-state index contributed by atoms with van der Waals surface area (Å²) in [6.45, 7) is 3.04. The van der Waals surface area contributed by atoms with Crippen molar-refractivity contribution in [1.82, 2.24) is 5.32 Å². The van der Waals surface area contributed by atoms with E-state index in [9.17, 15) is 0 Å². The molecule has 0 saturated carbocycles. The fraction of sp³-hybridized carbons (Fsp3) is 0.333. The zero-order valence-electron chi connectivity index (χ0n) is 10.5. The van der Waals surface area contributed by atoms with Crippen LogP contribution in [0.15, 0.2) is 47.1 Å². The summed E-state index contributed by atoms with van der Waals surface area (Å²) in [6.07, 6.45) is 3.75. The number of nitrogens with one attached hydrogen (secondary N) is 1. The van der Waals surface area contributed by atoms with Gasteiger partial charge in [0, 0.05) is 24.0 Å². The monoisotopic (exact) mass is 263 g/mol. The highest BCUT2D eigenvalue weighted by atomic mass is 35.5. The molecule has 2 aromatic rings. The molecular formula is C15H18ClNO. The van der Waals surface area contributed by atoms with Gasteiger partial charge in [-0.3, -0.25) is 0 Å². The van der Waals surface area contributed by atoms with E-state index in [0.717, 1.165) is 30.2 Å². The maximum atomic E-state index is 5.95. The topological polar surface area (TPSA) is 25.2 Å². The van der Waals surface area contributed by atoms with Crippen molar-refractivity contribution in [2.75, 3.05) is 0 Å². The first kappa shape index (κ1) is 13.2. The molecular weight excluding hydrogens is 246 g/mol. The van der Waals surface area contributed by atoms with Crippen LogP contribution in [0.5, 0.6) is 0 Å². The molecule has 1 unspecified atom stereocenters. The Morgan fingerprint density at radius 2 is 2.17 bits per heavy atom. The van der Waals surface area contributed by atoms with Crippen molar-refractivity contribution in [3.63, 3.8) is 0 Å². The van der Waals surface area contributed by atoms with Crippen LogP contribution in [0.2, 0.25) is 5.02 Å². The lowest BCUT2D eigenvalue weighted by Crippen LogP contribution is -2.25. The minimum absolute atomic E-state index is 0.453. The van der Waals surface area contributed by atoms with Crippen LogP contribution in [-0.4, -0.2) is 6.04 Å². The Morgan fingerprint density at radius 1 is 1.28 bits per heavy atom. The molecule has 1 aromatic heterocycles. The second-order valence-corrected chi connectivity index (χ2v) is 4.97. The molecule has 3 heteroatoms. The molecule has 2 rings (SSSR count). The maximum Gasteiger partial charge on any atom is 0.103 e. The van der Waals surface area contributed by atoms with Crippen molar-refractivity contribution in [3.8, 4) is 0 Å². The maximum absolute atomic E-state index is 5.95. The molecule has 2 nitrogen and oxygen atoms in total. The van der Waals surface area contributed by atoms with Crippen molar-refractivity contribution < 1.29 is 4.42 Å². The van der Waals surface area contributed by atoms with Crippen molar-refractivity contribution in [2.45, 2.75) is 32.4 Å². The molecule has 1 aromatic carbocycles. The molecule has 0 radical (unpaired) electrons. The Kier molecular flexibility index (Phi) is 4.85. The number of furan rings is 1. The number of hydrogen-bond acceptors (Lipinski definition) is 2. The first-order valence-corrected chi connectivity index (χ1v) is 6.62. The average molecular weight is 264 g/mol. The van der Waals surface area contributed by atoms with Gasteiger partial charge in [-0.2, -0.15) is 0 Å². The van der Waals surface area contributed by atoms with Gasteiger partial charge in [-0.05, 0) is 43.2 Å². The van der Waals surface area contributed by atoms with Gasteiger partial charge in [0.1, 0.15) is 5.76 Å². The zero-order valence-corrected chi connectivity index (χ0v) is 11.3. The minimum atomic E-state index is 0.453. The van der Waals surface area contributed by atoms with E-state index < -0.39 is 0 Å². The van der Waals surface area contributed by atoms with Crippen LogP contribution in [-0.2, 0) is 13.0 Å². The number of aryl methyl sites for hydroxylation is 1. The van der Waals surface area contributed by atoms with Gasteiger partial charge in [0.25, 0.3) is 0 Å². The molecule has 1 heterocycles. The quantitative estimate of drug-likeness (QED) is 0.851. The second-order valence-electron chi connectivity index (χ2n) is 4.53. The number of benzene rings is 1. The van der Waals surface area contributed by atoms with E-state index in [1.54, 1.807) is 6.26 Å². The van der Waals surface area contributed by atoms with E-state index in [1.807, 2.05) is 30.3 Å². The molecule has 0 aliphatic carbocycles. The first-order valence-electron chi connectivity index (χ1n) is 6.24. The predicted molar refractivity (Wildman–Crippen MR) is 74.8 cm³/mol. The van der Waals surface area contributed by atoms with E-state index in [1.165, 1.54) is 5.56 Å². The molecule has 0 amide bonds. The van der Waals surface area contributed by atoms with Crippen LogP contribution >= 0.6 is 11.6 Å². The van der Waals surface area contributed by atoms with Gasteiger partial charge in [0.15, 0.2) is 0 Å². The third-order valence-electron chi connectivity index (χ3n) is 2.95. The van der Waals surface area contributed by atoms with Gasteiger partial charge < -0.3 is 9.73 Å². The average Bonchev–Trinajstić information content (AvgIpc) is 2.87. The first-order chi connectivity index (χ1) is 8.74. The highest BCUT2D eigenvalue weighted by Gasteiger charge is 2.04. The molecule has 0 aliphatic rings. The van der Waals surface area contributed by atoms with Crippen LogP contribution in [0.1, 0.15) is 24.7 Å². The lowest BCUT2D eigenvalue weighted by atomic mass is 10.1. The number of halogens is 1. The number of hydrogen-bond donors (Lipinski definition) is 1. The van der Waals surface area contributed by atoms with Crippen LogP contribution in [0.4, 0.5) is 0 Å². The van der Waals surface area contributed by atoms with Crippen LogP contribution < -0.4 is 5.32 Å². The van der Waals surface area contributed by atoms with Crippen LogP contribution in [0, 0.1) is 0 Å². The molecule has 18 heavy (non-hydrogen) atoms. The molecule has 0 saturated heterocycles. The van der Waals surface area contributed by atoms with E-state index in [2.05, 4.69) is 18.3 Å². The Morgan fingerprint density at radius 3 is 2.89 bits per heavy atom. The van der Waals surface area contributed by atoms with Gasteiger partial charge in [-0.25, -0.2) is 0 Å². The van der Waals surface area contributed by atoms with Gasteiger partial charge in [0.2, 0.25) is 0 Å². The van der Waals surface area contributed by atoms with E-state index in [-0.39, 0.29) is 0 Å². The van der Waals surface area contributed by atoms with Crippen molar-refractivity contribution >= 4 is 11.6 Å². The summed E-state index contributed by atoms with van der Waals surface area (Å²) in [5.74, 6) is 1.05. The molecule has 1 atom stereocenters. The third kappa shape index (κ3) is 4.21. The van der Waals surface area contributed by atoms with Gasteiger partial charge in [0.05, 0.1) is 6.26 Å². The fourth-order valence-electron chi connectivity index (χ4n) is 1.85. The summed E-state index contributed by atoms with van der Waals surface area (Å²) in [4.78, 5) is 0. The highest BCUT2D eigenvalue weighted by molar-refractivity contribution is 6.30. The molecule has 0 bridgehead atoms. The van der Waals surface area contributed by atoms with Crippen molar-refractivity contribution in [3.05, 3.63) is 59.0 Å². The van der Waals surface area contributed by atoms with E-state index in [0.29, 0.717) is 6.04 Å². The van der Waals surface area contributed by atoms with Gasteiger partial charge in [-0.15, -0.1) is 0 Å². The van der Waals surface area contributed by atoms with Gasteiger partial charge >= 0.3 is 0 Å². The molecule has 0 fully saturated rings. The fourth-order valence-corrected chi connectivity index (χ4v) is 2.07. The Balaban J connectivity index is 1.73. The molecule has 0 spiro atoms. The lowest BCUT2D eigenvalue weighted by Gasteiger charge is -2.13. The summed E-state index contributed by atoms with van der Waals surface area (Å²) >= 11 is 5.95. The largest absolute Gasteiger partial charge is 0.469 e. The normalized spacial score (nSPS) is 12.6.